The van der Waals surface area contributed by atoms with E-state index >= 15 is 0 Å². The topological polar surface area (TPSA) is 21.3 Å². The Bertz CT molecular complexity index is 154. The third-order valence-electron chi connectivity index (χ3n) is 3.31. The second-order valence-corrected chi connectivity index (χ2v) is 5.14. The van der Waals surface area contributed by atoms with Gasteiger partial charge in [-0.1, -0.05) is 13.3 Å². The van der Waals surface area contributed by atoms with Crippen molar-refractivity contribution in [1.29, 1.82) is 0 Å². The molecule has 1 aliphatic heterocycles. The minimum Gasteiger partial charge on any atom is -0.378 e. The average molecular weight is 248 g/mol. The van der Waals surface area contributed by atoms with Crippen LogP contribution in [0.15, 0.2) is 0 Å². The van der Waals surface area contributed by atoms with Gasteiger partial charge in [-0.2, -0.15) is 0 Å². The van der Waals surface area contributed by atoms with E-state index in [0.717, 1.165) is 37.9 Å². The fraction of sp³-hybridized carbons (Fsp3) is 1.00. The lowest BCUT2D eigenvalue weighted by Gasteiger charge is -2.16. The summed E-state index contributed by atoms with van der Waals surface area (Å²) in [5.74, 6) is 1.55. The van der Waals surface area contributed by atoms with Crippen molar-refractivity contribution in [2.75, 3.05) is 25.6 Å². The number of rotatable bonds is 9. The smallest absolute Gasteiger partial charge is 0.0588 e. The van der Waals surface area contributed by atoms with E-state index in [0.29, 0.717) is 6.10 Å². The largest absolute Gasteiger partial charge is 0.378 e. The molecule has 1 saturated heterocycles. The molecule has 0 bridgehead atoms. The quantitative estimate of drug-likeness (QED) is 0.499. The van der Waals surface area contributed by atoms with Crippen LogP contribution in [0.3, 0.4) is 0 Å². The van der Waals surface area contributed by atoms with Crippen LogP contribution in [0.5, 0.6) is 0 Å². The lowest BCUT2D eigenvalue weighted by atomic mass is 10.0. The highest BCUT2D eigenvalue weighted by molar-refractivity contribution is 6.17. The van der Waals surface area contributed by atoms with Gasteiger partial charge in [-0.25, -0.2) is 0 Å². The molecule has 0 spiro atoms. The number of ether oxygens (including phenoxy) is 1. The second-order valence-electron chi connectivity index (χ2n) is 4.76. The van der Waals surface area contributed by atoms with E-state index in [1.807, 2.05) is 0 Å². The number of hydrogen-bond acceptors (Lipinski definition) is 2. The van der Waals surface area contributed by atoms with Crippen LogP contribution in [-0.4, -0.2) is 31.7 Å². The van der Waals surface area contributed by atoms with E-state index < -0.39 is 0 Å². The third-order valence-corrected chi connectivity index (χ3v) is 3.53. The van der Waals surface area contributed by atoms with E-state index in [1.165, 1.54) is 32.1 Å². The van der Waals surface area contributed by atoms with Crippen LogP contribution >= 0.6 is 11.6 Å². The maximum absolute atomic E-state index is 5.80. The zero-order chi connectivity index (χ0) is 11.6. The van der Waals surface area contributed by atoms with Crippen LogP contribution < -0.4 is 5.32 Å². The van der Waals surface area contributed by atoms with Crippen molar-refractivity contribution in [2.24, 2.45) is 5.92 Å². The maximum Gasteiger partial charge on any atom is 0.0588 e. The number of alkyl halides is 1. The molecule has 1 aliphatic rings. The standard InChI is InChI=1S/C13H26ClNO/c1-2-4-12(6-8-14)11-15-9-7-13-5-3-10-16-13/h12-13,15H,2-11H2,1H3. The minimum absolute atomic E-state index is 0.519. The molecule has 3 heteroatoms. The summed E-state index contributed by atoms with van der Waals surface area (Å²) in [6.45, 7) is 5.42. The summed E-state index contributed by atoms with van der Waals surface area (Å²) < 4.78 is 5.59. The molecule has 0 aromatic carbocycles. The summed E-state index contributed by atoms with van der Waals surface area (Å²) in [5.41, 5.74) is 0. The van der Waals surface area contributed by atoms with Crippen molar-refractivity contribution in [3.63, 3.8) is 0 Å². The van der Waals surface area contributed by atoms with Crippen LogP contribution in [0.25, 0.3) is 0 Å². The summed E-state index contributed by atoms with van der Waals surface area (Å²) in [6, 6.07) is 0. The molecule has 1 fully saturated rings. The van der Waals surface area contributed by atoms with Crippen molar-refractivity contribution in [2.45, 2.75) is 51.6 Å². The molecule has 0 aromatic heterocycles. The van der Waals surface area contributed by atoms with Gasteiger partial charge < -0.3 is 10.1 Å². The Balaban J connectivity index is 1.98. The van der Waals surface area contributed by atoms with E-state index in [1.54, 1.807) is 0 Å². The van der Waals surface area contributed by atoms with Gasteiger partial charge in [-0.15, -0.1) is 11.6 Å². The highest BCUT2D eigenvalue weighted by atomic mass is 35.5. The summed E-state index contributed by atoms with van der Waals surface area (Å²) in [6.07, 6.45) is 7.87. The Hall–Kier alpha value is 0.210. The van der Waals surface area contributed by atoms with Gasteiger partial charge in [0.25, 0.3) is 0 Å². The molecule has 2 atom stereocenters. The molecule has 0 aromatic rings. The predicted molar refractivity (Wildman–Crippen MR) is 70.2 cm³/mol. The SMILES string of the molecule is CCCC(CCCl)CNCCC1CCCO1. The van der Waals surface area contributed by atoms with Crippen molar-refractivity contribution in [3.05, 3.63) is 0 Å². The van der Waals surface area contributed by atoms with Gasteiger partial charge in [0.15, 0.2) is 0 Å². The first-order chi connectivity index (χ1) is 7.86. The minimum atomic E-state index is 0.519. The van der Waals surface area contributed by atoms with Gasteiger partial charge in [0.2, 0.25) is 0 Å². The highest BCUT2D eigenvalue weighted by Crippen LogP contribution is 2.15. The van der Waals surface area contributed by atoms with Crippen molar-refractivity contribution in [3.8, 4) is 0 Å². The molecule has 1 heterocycles. The second kappa shape index (κ2) is 9.26. The van der Waals surface area contributed by atoms with Gasteiger partial charge in [-0.3, -0.25) is 0 Å². The van der Waals surface area contributed by atoms with Crippen molar-refractivity contribution in [1.82, 2.24) is 5.32 Å². The predicted octanol–water partition coefficient (Wildman–Crippen LogP) is 3.19. The lowest BCUT2D eigenvalue weighted by molar-refractivity contribution is 0.104. The zero-order valence-corrected chi connectivity index (χ0v) is 11.3. The van der Waals surface area contributed by atoms with Crippen LogP contribution in [0, 0.1) is 5.92 Å². The van der Waals surface area contributed by atoms with E-state index in [-0.39, 0.29) is 0 Å². The van der Waals surface area contributed by atoms with Crippen molar-refractivity contribution < 1.29 is 4.74 Å². The van der Waals surface area contributed by atoms with Crippen LogP contribution in [0.4, 0.5) is 0 Å². The van der Waals surface area contributed by atoms with E-state index in [2.05, 4.69) is 12.2 Å². The first-order valence-electron chi connectivity index (χ1n) is 6.75. The molecule has 0 amide bonds. The summed E-state index contributed by atoms with van der Waals surface area (Å²) >= 11 is 5.80. The molecule has 0 radical (unpaired) electrons. The molecule has 1 rings (SSSR count). The Morgan fingerprint density at radius 2 is 2.31 bits per heavy atom. The molecule has 2 nitrogen and oxygen atoms in total. The highest BCUT2D eigenvalue weighted by Gasteiger charge is 2.14. The van der Waals surface area contributed by atoms with Crippen LogP contribution in [-0.2, 0) is 4.74 Å². The third kappa shape index (κ3) is 6.07. The Morgan fingerprint density at radius 3 is 2.94 bits per heavy atom. The molecule has 0 saturated carbocycles. The fourth-order valence-electron chi connectivity index (χ4n) is 2.35. The number of halogens is 1. The van der Waals surface area contributed by atoms with E-state index in [9.17, 15) is 0 Å². The lowest BCUT2D eigenvalue weighted by Crippen LogP contribution is -2.26. The molecule has 2 unspecified atom stereocenters. The van der Waals surface area contributed by atoms with Crippen molar-refractivity contribution >= 4 is 11.6 Å². The van der Waals surface area contributed by atoms with Gasteiger partial charge in [-0.05, 0) is 51.1 Å². The number of hydrogen-bond donors (Lipinski definition) is 1. The summed E-state index contributed by atoms with van der Waals surface area (Å²) in [4.78, 5) is 0. The maximum atomic E-state index is 5.80. The molecular formula is C13H26ClNO. The van der Waals surface area contributed by atoms with Gasteiger partial charge in [0.1, 0.15) is 0 Å². The Morgan fingerprint density at radius 1 is 1.44 bits per heavy atom. The first-order valence-corrected chi connectivity index (χ1v) is 7.28. The van der Waals surface area contributed by atoms with Crippen LogP contribution in [0.2, 0.25) is 0 Å². The Kier molecular flexibility index (Phi) is 8.26. The fourth-order valence-corrected chi connectivity index (χ4v) is 2.66. The first kappa shape index (κ1) is 14.3. The summed E-state index contributed by atoms with van der Waals surface area (Å²) in [5, 5.41) is 3.54. The monoisotopic (exact) mass is 247 g/mol. The van der Waals surface area contributed by atoms with E-state index in [4.69, 9.17) is 16.3 Å². The molecule has 96 valence electrons. The summed E-state index contributed by atoms with van der Waals surface area (Å²) in [7, 11) is 0. The molecular weight excluding hydrogens is 222 g/mol. The van der Waals surface area contributed by atoms with Crippen LogP contribution in [0.1, 0.15) is 45.4 Å². The van der Waals surface area contributed by atoms with Gasteiger partial charge >= 0.3 is 0 Å². The normalized spacial score (nSPS) is 22.5. The molecule has 1 N–H and O–H groups in total. The molecule has 16 heavy (non-hydrogen) atoms. The van der Waals surface area contributed by atoms with Gasteiger partial charge in [0.05, 0.1) is 6.10 Å². The zero-order valence-electron chi connectivity index (χ0n) is 10.5. The Labute approximate surface area is 105 Å². The average Bonchev–Trinajstić information content (AvgIpc) is 2.78. The molecule has 0 aliphatic carbocycles. The van der Waals surface area contributed by atoms with Gasteiger partial charge in [0, 0.05) is 12.5 Å². The number of nitrogens with one attached hydrogen (secondary N) is 1.